The highest BCUT2D eigenvalue weighted by Gasteiger charge is 2.16. The zero-order valence-corrected chi connectivity index (χ0v) is 10.9. The molecule has 3 rings (SSSR count). The Kier molecular flexibility index (Phi) is 2.95. The molecular weight excluding hydrogens is 240 g/mol. The second kappa shape index (κ2) is 4.76. The maximum absolute atomic E-state index is 5.65. The van der Waals surface area contributed by atoms with E-state index in [1.54, 1.807) is 6.20 Å². The van der Waals surface area contributed by atoms with E-state index in [9.17, 15) is 0 Å². The van der Waals surface area contributed by atoms with Crippen LogP contribution in [0.15, 0.2) is 47.1 Å². The van der Waals surface area contributed by atoms with Gasteiger partial charge in [0.15, 0.2) is 5.58 Å². The van der Waals surface area contributed by atoms with Crippen molar-refractivity contribution >= 4 is 17.1 Å². The molecule has 2 heterocycles. The monoisotopic (exact) mass is 256 g/mol. The minimum Gasteiger partial charge on any atom is -0.424 e. The fourth-order valence-electron chi connectivity index (χ4n) is 2.00. The first kappa shape index (κ1) is 11.8. The molecule has 5 heteroatoms. The Hall–Kier alpha value is -2.30. The number of aromatic nitrogens is 3. The van der Waals surface area contributed by atoms with Crippen LogP contribution in [0.2, 0.25) is 0 Å². The van der Waals surface area contributed by atoms with Crippen LogP contribution < -0.4 is 5.32 Å². The minimum absolute atomic E-state index is 0.160. The van der Waals surface area contributed by atoms with E-state index in [0.717, 1.165) is 11.1 Å². The van der Waals surface area contributed by atoms with E-state index in [2.05, 4.69) is 29.2 Å². The van der Waals surface area contributed by atoms with Gasteiger partial charge in [-0.1, -0.05) is 12.1 Å². The maximum Gasteiger partial charge on any atom is 0.295 e. The topological polar surface area (TPSA) is 55.9 Å². The van der Waals surface area contributed by atoms with Crippen molar-refractivity contribution in [1.82, 2.24) is 14.8 Å². The molecule has 0 saturated heterocycles. The van der Waals surface area contributed by atoms with Gasteiger partial charge >= 0.3 is 0 Å². The summed E-state index contributed by atoms with van der Waals surface area (Å²) in [5.74, 6) is 0. The number of nitrogens with zero attached hydrogens (tertiary/aromatic N) is 3. The summed E-state index contributed by atoms with van der Waals surface area (Å²) in [5.41, 5.74) is 1.66. The lowest BCUT2D eigenvalue weighted by molar-refractivity contribution is 0.435. The van der Waals surface area contributed by atoms with Gasteiger partial charge in [0.1, 0.15) is 5.52 Å². The molecule has 19 heavy (non-hydrogen) atoms. The molecule has 0 saturated carbocycles. The number of hydrogen-bond acceptors (Lipinski definition) is 4. The standard InChI is InChI=1S/C14H16N4O/c1-10(11(2)18-9-5-8-15-18)16-14-17-12-6-3-4-7-13(12)19-14/h3-11H,1-2H3,(H,16,17)/t10-,11+/m0/s1. The van der Waals surface area contributed by atoms with Crippen molar-refractivity contribution in [3.05, 3.63) is 42.7 Å². The molecule has 1 N–H and O–H groups in total. The molecule has 0 radical (unpaired) electrons. The van der Waals surface area contributed by atoms with Crippen molar-refractivity contribution < 1.29 is 4.42 Å². The molecule has 5 nitrogen and oxygen atoms in total. The molecule has 0 fully saturated rings. The number of oxazole rings is 1. The van der Waals surface area contributed by atoms with E-state index in [4.69, 9.17) is 4.42 Å². The molecule has 0 unspecified atom stereocenters. The summed E-state index contributed by atoms with van der Waals surface area (Å²) in [6, 6.07) is 10.6. The van der Waals surface area contributed by atoms with Crippen molar-refractivity contribution in [3.8, 4) is 0 Å². The number of benzene rings is 1. The minimum atomic E-state index is 0.160. The van der Waals surface area contributed by atoms with Gasteiger partial charge in [0.05, 0.1) is 6.04 Å². The smallest absolute Gasteiger partial charge is 0.295 e. The number of anilines is 1. The van der Waals surface area contributed by atoms with Crippen molar-refractivity contribution in [2.45, 2.75) is 25.9 Å². The highest BCUT2D eigenvalue weighted by Crippen LogP contribution is 2.20. The van der Waals surface area contributed by atoms with Crippen LogP contribution in [-0.4, -0.2) is 20.8 Å². The molecule has 2 atom stereocenters. The van der Waals surface area contributed by atoms with Gasteiger partial charge in [-0.05, 0) is 32.0 Å². The number of nitrogens with one attached hydrogen (secondary N) is 1. The predicted octanol–water partition coefficient (Wildman–Crippen LogP) is 3.09. The Labute approximate surface area is 111 Å². The van der Waals surface area contributed by atoms with Gasteiger partial charge in [-0.15, -0.1) is 0 Å². The van der Waals surface area contributed by atoms with Crippen molar-refractivity contribution in [2.75, 3.05) is 5.32 Å². The number of rotatable bonds is 4. The second-order valence-corrected chi connectivity index (χ2v) is 4.65. The first-order chi connectivity index (χ1) is 9.24. The van der Waals surface area contributed by atoms with Gasteiger partial charge in [-0.2, -0.15) is 10.1 Å². The van der Waals surface area contributed by atoms with Crippen LogP contribution in [0.4, 0.5) is 6.01 Å². The van der Waals surface area contributed by atoms with Crippen molar-refractivity contribution in [1.29, 1.82) is 0 Å². The Bertz CT molecular complexity index is 626. The summed E-state index contributed by atoms with van der Waals surface area (Å²) < 4.78 is 7.57. The Balaban J connectivity index is 1.77. The summed E-state index contributed by atoms with van der Waals surface area (Å²) in [6.45, 7) is 4.19. The molecule has 0 aliphatic carbocycles. The normalized spacial score (nSPS) is 14.4. The number of fused-ring (bicyclic) bond motifs is 1. The molecule has 0 aliphatic heterocycles. The van der Waals surface area contributed by atoms with Crippen LogP contribution >= 0.6 is 0 Å². The fraction of sp³-hybridized carbons (Fsp3) is 0.286. The third-order valence-corrected chi connectivity index (χ3v) is 3.31. The molecule has 98 valence electrons. The molecule has 1 aromatic carbocycles. The van der Waals surface area contributed by atoms with Gasteiger partial charge in [0.2, 0.25) is 0 Å². The Morgan fingerprint density at radius 2 is 2.05 bits per heavy atom. The zero-order chi connectivity index (χ0) is 13.2. The van der Waals surface area contributed by atoms with E-state index >= 15 is 0 Å². The van der Waals surface area contributed by atoms with Crippen LogP contribution in [0.25, 0.3) is 11.1 Å². The van der Waals surface area contributed by atoms with Gasteiger partial charge < -0.3 is 9.73 Å². The van der Waals surface area contributed by atoms with E-state index < -0.39 is 0 Å². The lowest BCUT2D eigenvalue weighted by Gasteiger charge is -2.20. The third kappa shape index (κ3) is 2.31. The molecular formula is C14H16N4O. The van der Waals surface area contributed by atoms with Gasteiger partial charge in [0.25, 0.3) is 6.01 Å². The first-order valence-corrected chi connectivity index (χ1v) is 6.35. The summed E-state index contributed by atoms with van der Waals surface area (Å²) >= 11 is 0. The SMILES string of the molecule is C[C@H](Nc1nc2ccccc2o1)[C@@H](C)n1cccn1. The molecule has 3 aromatic rings. The lowest BCUT2D eigenvalue weighted by atomic mass is 10.2. The molecule has 0 amide bonds. The van der Waals surface area contributed by atoms with Crippen LogP contribution in [-0.2, 0) is 0 Å². The van der Waals surface area contributed by atoms with Crippen LogP contribution in [0.3, 0.4) is 0 Å². The van der Waals surface area contributed by atoms with Crippen molar-refractivity contribution in [3.63, 3.8) is 0 Å². The van der Waals surface area contributed by atoms with E-state index in [-0.39, 0.29) is 12.1 Å². The Morgan fingerprint density at radius 1 is 1.21 bits per heavy atom. The number of hydrogen-bond donors (Lipinski definition) is 1. The fourth-order valence-corrected chi connectivity index (χ4v) is 2.00. The van der Waals surface area contributed by atoms with Crippen LogP contribution in [0, 0.1) is 0 Å². The average Bonchev–Trinajstić information content (AvgIpc) is 3.06. The van der Waals surface area contributed by atoms with Gasteiger partial charge in [0, 0.05) is 18.4 Å². The maximum atomic E-state index is 5.65. The van der Waals surface area contributed by atoms with Crippen molar-refractivity contribution in [2.24, 2.45) is 0 Å². The molecule has 2 aromatic heterocycles. The van der Waals surface area contributed by atoms with Crippen LogP contribution in [0.1, 0.15) is 19.9 Å². The lowest BCUT2D eigenvalue weighted by Crippen LogP contribution is -2.27. The molecule has 0 spiro atoms. The number of para-hydroxylation sites is 2. The van der Waals surface area contributed by atoms with Crippen LogP contribution in [0.5, 0.6) is 0 Å². The highest BCUT2D eigenvalue weighted by atomic mass is 16.4. The molecule has 0 aliphatic rings. The summed E-state index contributed by atoms with van der Waals surface area (Å²) in [6.07, 6.45) is 3.73. The highest BCUT2D eigenvalue weighted by molar-refractivity contribution is 5.74. The largest absolute Gasteiger partial charge is 0.424 e. The first-order valence-electron chi connectivity index (χ1n) is 6.35. The molecule has 0 bridgehead atoms. The zero-order valence-electron chi connectivity index (χ0n) is 10.9. The van der Waals surface area contributed by atoms with E-state index in [1.807, 2.05) is 41.2 Å². The van der Waals surface area contributed by atoms with Gasteiger partial charge in [-0.25, -0.2) is 0 Å². The van der Waals surface area contributed by atoms with E-state index in [1.165, 1.54) is 0 Å². The predicted molar refractivity (Wildman–Crippen MR) is 74.0 cm³/mol. The average molecular weight is 256 g/mol. The second-order valence-electron chi connectivity index (χ2n) is 4.65. The summed E-state index contributed by atoms with van der Waals surface area (Å²) in [4.78, 5) is 4.41. The third-order valence-electron chi connectivity index (χ3n) is 3.31. The van der Waals surface area contributed by atoms with Gasteiger partial charge in [-0.3, -0.25) is 4.68 Å². The summed E-state index contributed by atoms with van der Waals surface area (Å²) in [7, 11) is 0. The quantitative estimate of drug-likeness (QED) is 0.779. The summed E-state index contributed by atoms with van der Waals surface area (Å²) in [5, 5.41) is 7.53. The Morgan fingerprint density at radius 3 is 2.79 bits per heavy atom. The van der Waals surface area contributed by atoms with E-state index in [0.29, 0.717) is 6.01 Å².